The lowest BCUT2D eigenvalue weighted by molar-refractivity contribution is -0.501. The minimum absolute atomic E-state index is 0.200. The molecule has 0 spiro atoms. The predicted octanol–water partition coefficient (Wildman–Crippen LogP) is 1.29. The zero-order valence-corrected chi connectivity index (χ0v) is 18.1. The number of quaternary nitrogens is 1. The fourth-order valence-corrected chi connectivity index (χ4v) is 3.71. The van der Waals surface area contributed by atoms with E-state index in [4.69, 9.17) is 9.47 Å². The SMILES string of the molecule is COc1cc(C(=O)N2CCN(c3ccc([NH2+][O-])nc3)C[C@@H]2CO)ncc1Oc1ccccc1. The number of amides is 1. The number of ether oxygens (including phenoxy) is 2. The van der Waals surface area contributed by atoms with Crippen LogP contribution in [0.2, 0.25) is 0 Å². The van der Waals surface area contributed by atoms with Gasteiger partial charge in [0.1, 0.15) is 11.4 Å². The van der Waals surface area contributed by atoms with Crippen molar-refractivity contribution in [2.24, 2.45) is 0 Å². The number of nitrogens with two attached hydrogens (primary N) is 1. The van der Waals surface area contributed by atoms with E-state index >= 15 is 0 Å². The van der Waals surface area contributed by atoms with Crippen molar-refractivity contribution >= 4 is 17.4 Å². The van der Waals surface area contributed by atoms with Gasteiger partial charge in [-0.25, -0.2) is 9.97 Å². The second-order valence-corrected chi connectivity index (χ2v) is 7.48. The van der Waals surface area contributed by atoms with E-state index in [-0.39, 0.29) is 18.2 Å². The normalized spacial score (nSPS) is 15.9. The number of aliphatic hydroxyl groups is 1. The van der Waals surface area contributed by atoms with Crippen molar-refractivity contribution in [2.45, 2.75) is 6.04 Å². The zero-order chi connectivity index (χ0) is 23.2. The number of benzene rings is 1. The Morgan fingerprint density at radius 3 is 2.64 bits per heavy atom. The van der Waals surface area contributed by atoms with Crippen molar-refractivity contribution in [3.63, 3.8) is 0 Å². The molecule has 33 heavy (non-hydrogen) atoms. The predicted molar refractivity (Wildman–Crippen MR) is 121 cm³/mol. The van der Waals surface area contributed by atoms with Crippen LogP contribution in [0.3, 0.4) is 0 Å². The second-order valence-electron chi connectivity index (χ2n) is 7.48. The van der Waals surface area contributed by atoms with E-state index in [1.807, 2.05) is 35.2 Å². The molecule has 0 unspecified atom stereocenters. The molecule has 0 radical (unpaired) electrons. The van der Waals surface area contributed by atoms with Crippen molar-refractivity contribution in [3.8, 4) is 17.2 Å². The Bertz CT molecular complexity index is 1080. The lowest BCUT2D eigenvalue weighted by Crippen LogP contribution is -2.70. The molecule has 172 valence electrons. The van der Waals surface area contributed by atoms with E-state index in [1.54, 1.807) is 29.3 Å². The molecule has 0 bridgehead atoms. The van der Waals surface area contributed by atoms with Crippen molar-refractivity contribution in [1.29, 1.82) is 0 Å². The Balaban J connectivity index is 1.48. The van der Waals surface area contributed by atoms with Crippen LogP contribution in [0.4, 0.5) is 11.5 Å². The monoisotopic (exact) mass is 451 g/mol. The quantitative estimate of drug-likeness (QED) is 0.515. The number of aromatic nitrogens is 2. The van der Waals surface area contributed by atoms with Gasteiger partial charge in [-0.3, -0.25) is 4.79 Å². The summed E-state index contributed by atoms with van der Waals surface area (Å²) in [6.07, 6.45) is 3.08. The lowest BCUT2D eigenvalue weighted by Gasteiger charge is -2.41. The van der Waals surface area contributed by atoms with Gasteiger partial charge in [-0.05, 0) is 18.2 Å². The summed E-state index contributed by atoms with van der Waals surface area (Å²) in [7, 11) is 1.50. The number of piperazine rings is 1. The molecule has 0 saturated carbocycles. The number of carbonyl (C=O) groups excluding carboxylic acids is 1. The lowest BCUT2D eigenvalue weighted by atomic mass is 10.1. The van der Waals surface area contributed by atoms with Gasteiger partial charge in [0, 0.05) is 31.8 Å². The van der Waals surface area contributed by atoms with E-state index in [1.165, 1.54) is 13.3 Å². The Hall–Kier alpha value is -3.73. The van der Waals surface area contributed by atoms with Gasteiger partial charge in [-0.2, -0.15) is 0 Å². The topological polar surface area (TPSA) is 128 Å². The van der Waals surface area contributed by atoms with Crippen LogP contribution in [-0.2, 0) is 0 Å². The number of methoxy groups -OCH3 is 1. The van der Waals surface area contributed by atoms with Crippen LogP contribution < -0.4 is 19.9 Å². The average Bonchev–Trinajstić information content (AvgIpc) is 2.88. The van der Waals surface area contributed by atoms with Crippen molar-refractivity contribution in [3.05, 3.63) is 71.8 Å². The number of hydrogen-bond acceptors (Lipinski definition) is 8. The molecule has 1 aromatic carbocycles. The summed E-state index contributed by atoms with van der Waals surface area (Å²) >= 11 is 0. The Kier molecular flexibility index (Phi) is 6.98. The number of nitrogens with zero attached hydrogens (tertiary/aromatic N) is 4. The van der Waals surface area contributed by atoms with Gasteiger partial charge in [-0.1, -0.05) is 18.2 Å². The Morgan fingerprint density at radius 2 is 1.97 bits per heavy atom. The van der Waals surface area contributed by atoms with E-state index < -0.39 is 6.04 Å². The summed E-state index contributed by atoms with van der Waals surface area (Å²) in [5.74, 6) is 1.47. The Labute approximate surface area is 191 Å². The molecule has 3 heterocycles. The Morgan fingerprint density at radius 1 is 1.15 bits per heavy atom. The van der Waals surface area contributed by atoms with Gasteiger partial charge in [0.15, 0.2) is 11.5 Å². The number of anilines is 1. The summed E-state index contributed by atoms with van der Waals surface area (Å²) < 4.78 is 11.2. The fraction of sp³-hybridized carbons (Fsp3) is 0.261. The molecule has 4 rings (SSSR count). The highest BCUT2D eigenvalue weighted by Crippen LogP contribution is 2.31. The maximum atomic E-state index is 13.2. The standard InChI is InChI=1S/C23H25N5O5/c1-32-20-11-19(24-13-21(20)33-18-5-3-2-4-6-18)23(30)28-10-9-27(14-17(28)15-29)16-7-8-22(26-31)25-12-16/h2-8,11-13,17,29H,9-10,14-15,26H2,1H3/t17-/m1/s1. The number of hydrogen-bond donors (Lipinski definition) is 2. The van der Waals surface area contributed by atoms with Gasteiger partial charge in [0.25, 0.3) is 5.91 Å². The first-order chi connectivity index (χ1) is 16.1. The molecular formula is C23H25N5O5. The highest BCUT2D eigenvalue weighted by atomic mass is 16.5. The molecule has 0 aliphatic carbocycles. The molecule has 3 N–H and O–H groups in total. The van der Waals surface area contributed by atoms with Crippen molar-refractivity contribution < 1.29 is 24.9 Å². The maximum Gasteiger partial charge on any atom is 0.273 e. The van der Waals surface area contributed by atoms with Crippen LogP contribution in [-0.4, -0.2) is 65.3 Å². The summed E-state index contributed by atoms with van der Waals surface area (Å²) in [6.45, 7) is 1.17. The number of carbonyl (C=O) groups is 1. The smallest absolute Gasteiger partial charge is 0.273 e. The average molecular weight is 451 g/mol. The number of rotatable bonds is 7. The van der Waals surface area contributed by atoms with Crippen LogP contribution in [0.5, 0.6) is 17.2 Å². The largest absolute Gasteiger partial charge is 0.629 e. The summed E-state index contributed by atoms with van der Waals surface area (Å²) in [6, 6.07) is 13.8. The third-order valence-corrected chi connectivity index (χ3v) is 5.45. The van der Waals surface area contributed by atoms with E-state index in [0.717, 1.165) is 5.69 Å². The van der Waals surface area contributed by atoms with Gasteiger partial charge >= 0.3 is 0 Å². The number of para-hydroxylation sites is 1. The van der Waals surface area contributed by atoms with Gasteiger partial charge in [0.05, 0.1) is 37.8 Å². The first-order valence-corrected chi connectivity index (χ1v) is 10.5. The van der Waals surface area contributed by atoms with Crippen LogP contribution in [0.1, 0.15) is 10.5 Å². The summed E-state index contributed by atoms with van der Waals surface area (Å²) in [4.78, 5) is 25.2. The zero-order valence-electron chi connectivity index (χ0n) is 18.1. The van der Waals surface area contributed by atoms with Crippen LogP contribution in [0.25, 0.3) is 0 Å². The summed E-state index contributed by atoms with van der Waals surface area (Å²) in [5.41, 5.74) is 1.72. The van der Waals surface area contributed by atoms with Gasteiger partial charge < -0.3 is 35.1 Å². The van der Waals surface area contributed by atoms with E-state index in [2.05, 4.69) is 9.97 Å². The van der Waals surface area contributed by atoms with Crippen LogP contribution in [0, 0.1) is 5.21 Å². The molecule has 1 fully saturated rings. The van der Waals surface area contributed by atoms with E-state index in [9.17, 15) is 15.1 Å². The van der Waals surface area contributed by atoms with Crippen LogP contribution in [0.15, 0.2) is 60.9 Å². The van der Waals surface area contributed by atoms with Crippen molar-refractivity contribution in [1.82, 2.24) is 14.9 Å². The summed E-state index contributed by atoms with van der Waals surface area (Å²) in [5, 5.41) is 20.8. The van der Waals surface area contributed by atoms with Crippen molar-refractivity contribution in [2.75, 3.05) is 38.3 Å². The highest BCUT2D eigenvalue weighted by Gasteiger charge is 2.32. The second kappa shape index (κ2) is 10.3. The molecule has 1 saturated heterocycles. The first kappa shape index (κ1) is 22.5. The molecule has 1 atom stereocenters. The third-order valence-electron chi connectivity index (χ3n) is 5.45. The minimum Gasteiger partial charge on any atom is -0.629 e. The molecular weight excluding hydrogens is 426 g/mol. The van der Waals surface area contributed by atoms with Crippen LogP contribution >= 0.6 is 0 Å². The molecule has 1 amide bonds. The molecule has 2 aromatic heterocycles. The third kappa shape index (κ3) is 5.03. The fourth-order valence-electron chi connectivity index (χ4n) is 3.71. The first-order valence-electron chi connectivity index (χ1n) is 10.5. The minimum atomic E-state index is -0.426. The molecule has 10 heteroatoms. The molecule has 1 aliphatic rings. The molecule has 10 nitrogen and oxygen atoms in total. The molecule has 3 aromatic rings. The van der Waals surface area contributed by atoms with Gasteiger partial charge in [-0.15, -0.1) is 0 Å². The van der Waals surface area contributed by atoms with E-state index in [0.29, 0.717) is 48.2 Å². The number of aliphatic hydroxyl groups excluding tert-OH is 1. The highest BCUT2D eigenvalue weighted by molar-refractivity contribution is 5.93. The molecule has 1 aliphatic heterocycles. The number of pyridine rings is 2. The maximum absolute atomic E-state index is 13.2. The van der Waals surface area contributed by atoms with Gasteiger partial charge in [0.2, 0.25) is 5.82 Å².